The summed E-state index contributed by atoms with van der Waals surface area (Å²) >= 11 is 0. The Hall–Kier alpha value is -1.95. The van der Waals surface area contributed by atoms with Gasteiger partial charge in [-0.05, 0) is 32.1 Å². The molecular formula is C18H26FN3O2. The lowest BCUT2D eigenvalue weighted by molar-refractivity contribution is -0.139. The Morgan fingerprint density at radius 1 is 1.00 bits per heavy atom. The van der Waals surface area contributed by atoms with E-state index in [0.29, 0.717) is 51.0 Å². The number of carbonyl (C=O) groups excluding carboxylic acids is 2. The number of halogens is 1. The fourth-order valence-electron chi connectivity index (χ4n) is 2.78. The Morgan fingerprint density at radius 3 is 2.08 bits per heavy atom. The Morgan fingerprint density at radius 2 is 1.54 bits per heavy atom. The number of aryl methyl sites for hydroxylation is 1. The Labute approximate surface area is 143 Å². The number of rotatable bonds is 6. The molecule has 0 aromatic heterocycles. The monoisotopic (exact) mass is 335 g/mol. The van der Waals surface area contributed by atoms with Gasteiger partial charge in [-0.3, -0.25) is 9.59 Å². The summed E-state index contributed by atoms with van der Waals surface area (Å²) in [5.41, 5.74) is 0.573. The van der Waals surface area contributed by atoms with E-state index in [1.54, 1.807) is 23.1 Å². The number of nitrogens with zero attached hydrogens (tertiary/aromatic N) is 3. The number of piperazine rings is 1. The van der Waals surface area contributed by atoms with Gasteiger partial charge in [0.15, 0.2) is 0 Å². The van der Waals surface area contributed by atoms with E-state index in [1.165, 1.54) is 6.07 Å². The van der Waals surface area contributed by atoms with Gasteiger partial charge in [-0.1, -0.05) is 18.2 Å². The van der Waals surface area contributed by atoms with Crippen LogP contribution in [0.5, 0.6) is 0 Å². The summed E-state index contributed by atoms with van der Waals surface area (Å²) in [4.78, 5) is 29.9. The molecule has 0 radical (unpaired) electrons. The van der Waals surface area contributed by atoms with Crippen molar-refractivity contribution < 1.29 is 14.0 Å². The van der Waals surface area contributed by atoms with Gasteiger partial charge in [-0.2, -0.15) is 0 Å². The zero-order valence-electron chi connectivity index (χ0n) is 14.5. The molecule has 132 valence electrons. The van der Waals surface area contributed by atoms with Gasteiger partial charge in [0.25, 0.3) is 0 Å². The molecule has 1 heterocycles. The zero-order valence-corrected chi connectivity index (χ0v) is 14.5. The molecule has 5 nitrogen and oxygen atoms in total. The Kier molecular flexibility index (Phi) is 6.73. The van der Waals surface area contributed by atoms with Gasteiger partial charge in [0.2, 0.25) is 11.8 Å². The Bertz CT molecular complexity index is 569. The first-order valence-electron chi connectivity index (χ1n) is 8.41. The maximum atomic E-state index is 13.6. The molecule has 1 aromatic carbocycles. The highest BCUT2D eigenvalue weighted by atomic mass is 19.1. The van der Waals surface area contributed by atoms with Crippen molar-refractivity contribution in [1.29, 1.82) is 0 Å². The maximum absolute atomic E-state index is 13.6. The first-order chi connectivity index (χ1) is 11.5. The summed E-state index contributed by atoms with van der Waals surface area (Å²) in [6, 6.07) is 6.55. The molecule has 1 aromatic rings. The minimum absolute atomic E-state index is 0.0265. The van der Waals surface area contributed by atoms with Crippen molar-refractivity contribution in [2.45, 2.75) is 19.3 Å². The van der Waals surface area contributed by atoms with Gasteiger partial charge >= 0.3 is 0 Å². The summed E-state index contributed by atoms with van der Waals surface area (Å²) in [5.74, 6) is -0.0950. The third-order valence-electron chi connectivity index (χ3n) is 4.32. The van der Waals surface area contributed by atoms with Crippen LogP contribution in [-0.4, -0.2) is 73.3 Å². The molecule has 0 unspecified atom stereocenters. The van der Waals surface area contributed by atoms with E-state index < -0.39 is 0 Å². The molecule has 24 heavy (non-hydrogen) atoms. The lowest BCUT2D eigenvalue weighted by Crippen LogP contribution is -2.51. The highest BCUT2D eigenvalue weighted by Gasteiger charge is 2.23. The molecule has 0 N–H and O–H groups in total. The number of hydrogen-bond donors (Lipinski definition) is 0. The molecule has 2 amide bonds. The summed E-state index contributed by atoms with van der Waals surface area (Å²) in [5, 5.41) is 0. The number of benzene rings is 1. The largest absolute Gasteiger partial charge is 0.339 e. The molecule has 0 atom stereocenters. The van der Waals surface area contributed by atoms with Crippen LogP contribution in [0.3, 0.4) is 0 Å². The van der Waals surface area contributed by atoms with Gasteiger partial charge in [-0.15, -0.1) is 0 Å². The second-order valence-corrected chi connectivity index (χ2v) is 6.41. The standard InChI is InChI=1S/C18H26FN3O2/c1-20(2)10-9-18(24)22-13-11-21(12-14-22)17(23)8-7-15-5-3-4-6-16(15)19/h3-6H,7-14H2,1-2H3. The molecule has 2 rings (SSSR count). The third kappa shape index (κ3) is 5.30. The molecular weight excluding hydrogens is 309 g/mol. The fraction of sp³-hybridized carbons (Fsp3) is 0.556. The van der Waals surface area contributed by atoms with Crippen molar-refractivity contribution in [3.05, 3.63) is 35.6 Å². The van der Waals surface area contributed by atoms with Crippen LogP contribution in [-0.2, 0) is 16.0 Å². The van der Waals surface area contributed by atoms with Crippen LogP contribution in [0.25, 0.3) is 0 Å². The van der Waals surface area contributed by atoms with Crippen molar-refractivity contribution in [3.8, 4) is 0 Å². The molecule has 6 heteroatoms. The quantitative estimate of drug-likeness (QED) is 0.789. The van der Waals surface area contributed by atoms with Gasteiger partial charge in [0.05, 0.1) is 0 Å². The van der Waals surface area contributed by atoms with E-state index in [1.807, 2.05) is 23.9 Å². The van der Waals surface area contributed by atoms with Crippen molar-refractivity contribution in [2.24, 2.45) is 0 Å². The minimum Gasteiger partial charge on any atom is -0.339 e. The van der Waals surface area contributed by atoms with Gasteiger partial charge in [-0.25, -0.2) is 4.39 Å². The predicted molar refractivity (Wildman–Crippen MR) is 91.1 cm³/mol. The first kappa shape index (κ1) is 18.4. The minimum atomic E-state index is -0.262. The van der Waals surface area contributed by atoms with Crippen LogP contribution in [0.15, 0.2) is 24.3 Å². The lowest BCUT2D eigenvalue weighted by Gasteiger charge is -2.35. The molecule has 1 aliphatic heterocycles. The lowest BCUT2D eigenvalue weighted by atomic mass is 10.1. The predicted octanol–water partition coefficient (Wildman–Crippen LogP) is 1.38. The second kappa shape index (κ2) is 8.78. The zero-order chi connectivity index (χ0) is 17.5. The number of amides is 2. The first-order valence-corrected chi connectivity index (χ1v) is 8.41. The van der Waals surface area contributed by atoms with Crippen molar-refractivity contribution in [2.75, 3.05) is 46.8 Å². The average Bonchev–Trinajstić information content (AvgIpc) is 2.58. The van der Waals surface area contributed by atoms with Crippen molar-refractivity contribution in [1.82, 2.24) is 14.7 Å². The van der Waals surface area contributed by atoms with Crippen LogP contribution >= 0.6 is 0 Å². The van der Waals surface area contributed by atoms with Gasteiger partial charge < -0.3 is 14.7 Å². The summed E-state index contributed by atoms with van der Waals surface area (Å²) in [6.07, 6.45) is 1.22. The van der Waals surface area contributed by atoms with E-state index in [0.717, 1.165) is 6.54 Å². The van der Waals surface area contributed by atoms with Crippen LogP contribution < -0.4 is 0 Å². The number of hydrogen-bond acceptors (Lipinski definition) is 3. The molecule has 0 spiro atoms. The van der Waals surface area contributed by atoms with Crippen molar-refractivity contribution in [3.63, 3.8) is 0 Å². The highest BCUT2D eigenvalue weighted by Crippen LogP contribution is 2.11. The molecule has 0 aliphatic carbocycles. The van der Waals surface area contributed by atoms with Crippen LogP contribution in [0.2, 0.25) is 0 Å². The summed E-state index contributed by atoms with van der Waals surface area (Å²) in [7, 11) is 3.89. The van der Waals surface area contributed by atoms with Crippen LogP contribution in [0, 0.1) is 5.82 Å². The van der Waals surface area contributed by atoms with E-state index >= 15 is 0 Å². The number of carbonyl (C=O) groups is 2. The van der Waals surface area contributed by atoms with E-state index in [-0.39, 0.29) is 17.6 Å². The molecule has 1 fully saturated rings. The third-order valence-corrected chi connectivity index (χ3v) is 4.32. The SMILES string of the molecule is CN(C)CCC(=O)N1CCN(C(=O)CCc2ccccc2F)CC1. The second-order valence-electron chi connectivity index (χ2n) is 6.41. The van der Waals surface area contributed by atoms with Crippen LogP contribution in [0.4, 0.5) is 4.39 Å². The molecule has 0 bridgehead atoms. The highest BCUT2D eigenvalue weighted by molar-refractivity contribution is 5.78. The molecule has 1 aliphatic rings. The van der Waals surface area contributed by atoms with Crippen molar-refractivity contribution >= 4 is 11.8 Å². The summed E-state index contributed by atoms with van der Waals surface area (Å²) in [6.45, 7) is 3.02. The van der Waals surface area contributed by atoms with Crippen LogP contribution in [0.1, 0.15) is 18.4 Å². The van der Waals surface area contributed by atoms with E-state index in [9.17, 15) is 14.0 Å². The van der Waals surface area contributed by atoms with Gasteiger partial charge in [0.1, 0.15) is 5.82 Å². The smallest absolute Gasteiger partial charge is 0.223 e. The molecule has 0 saturated carbocycles. The van der Waals surface area contributed by atoms with E-state index in [4.69, 9.17) is 0 Å². The molecule has 1 saturated heterocycles. The topological polar surface area (TPSA) is 43.9 Å². The normalized spacial score (nSPS) is 15.0. The van der Waals surface area contributed by atoms with Gasteiger partial charge in [0, 0.05) is 45.6 Å². The average molecular weight is 335 g/mol. The maximum Gasteiger partial charge on any atom is 0.223 e. The van der Waals surface area contributed by atoms with E-state index in [2.05, 4.69) is 0 Å². The summed E-state index contributed by atoms with van der Waals surface area (Å²) < 4.78 is 13.6. The fourth-order valence-corrected chi connectivity index (χ4v) is 2.78. The Balaban J connectivity index is 1.74.